The average molecular weight is 492 g/mol. The van der Waals surface area contributed by atoms with Gasteiger partial charge in [0.25, 0.3) is 0 Å². The lowest BCUT2D eigenvalue weighted by molar-refractivity contribution is 0.0549. The number of rotatable bonds is 6. The van der Waals surface area contributed by atoms with Crippen molar-refractivity contribution in [2.45, 2.75) is 25.4 Å². The van der Waals surface area contributed by atoms with Gasteiger partial charge in [0.15, 0.2) is 11.6 Å². The number of amidine groups is 1. The summed E-state index contributed by atoms with van der Waals surface area (Å²) in [6.07, 6.45) is 7.11. The monoisotopic (exact) mass is 491 g/mol. The van der Waals surface area contributed by atoms with Gasteiger partial charge in [-0.3, -0.25) is 4.99 Å². The first-order chi connectivity index (χ1) is 17.5. The predicted octanol–water partition coefficient (Wildman–Crippen LogP) is 4.31. The second kappa shape index (κ2) is 10.4. The normalized spacial score (nSPS) is 18.3. The molecule has 9 heteroatoms. The Labute approximate surface area is 209 Å². The Morgan fingerprint density at radius 2 is 1.89 bits per heavy atom. The van der Waals surface area contributed by atoms with Gasteiger partial charge in [0.05, 0.1) is 44.6 Å². The van der Waals surface area contributed by atoms with Gasteiger partial charge in [-0.15, -0.1) is 0 Å². The molecule has 0 unspecified atom stereocenters. The lowest BCUT2D eigenvalue weighted by atomic mass is 9.99. The SMILES string of the molecule is COc1cc(/C=C2\OCCN=C2NC2(Nc3ccc(F)cc3)CCOCC2)ccc1-n1cnc(C)c1. The van der Waals surface area contributed by atoms with Crippen LogP contribution in [0.25, 0.3) is 11.8 Å². The van der Waals surface area contributed by atoms with Crippen molar-refractivity contribution in [2.75, 3.05) is 38.8 Å². The van der Waals surface area contributed by atoms with Crippen molar-refractivity contribution in [3.63, 3.8) is 0 Å². The molecule has 2 N–H and O–H groups in total. The Morgan fingerprint density at radius 1 is 1.08 bits per heavy atom. The smallest absolute Gasteiger partial charge is 0.166 e. The van der Waals surface area contributed by atoms with E-state index in [1.807, 2.05) is 42.0 Å². The molecule has 36 heavy (non-hydrogen) atoms. The van der Waals surface area contributed by atoms with Crippen LogP contribution >= 0.6 is 0 Å². The molecule has 2 aromatic carbocycles. The van der Waals surface area contributed by atoms with E-state index in [0.717, 1.165) is 28.4 Å². The van der Waals surface area contributed by atoms with E-state index in [-0.39, 0.29) is 5.82 Å². The largest absolute Gasteiger partial charge is 0.495 e. The second-order valence-electron chi connectivity index (χ2n) is 8.89. The third-order valence-electron chi connectivity index (χ3n) is 6.28. The van der Waals surface area contributed by atoms with E-state index in [1.54, 1.807) is 25.6 Å². The number of aliphatic imine (C=N–C) groups is 1. The van der Waals surface area contributed by atoms with Gasteiger partial charge >= 0.3 is 0 Å². The molecular weight excluding hydrogens is 461 g/mol. The molecule has 0 amide bonds. The Kier molecular flexibility index (Phi) is 6.90. The molecule has 1 fully saturated rings. The van der Waals surface area contributed by atoms with Crippen LogP contribution in [0.4, 0.5) is 10.1 Å². The number of hydrogen-bond donors (Lipinski definition) is 2. The number of imidazole rings is 1. The van der Waals surface area contributed by atoms with Crippen LogP contribution in [0.5, 0.6) is 5.75 Å². The minimum Gasteiger partial charge on any atom is -0.495 e. The van der Waals surface area contributed by atoms with Crippen LogP contribution in [0, 0.1) is 12.7 Å². The fourth-order valence-electron chi connectivity index (χ4n) is 4.41. The highest BCUT2D eigenvalue weighted by atomic mass is 19.1. The Hall–Kier alpha value is -3.85. The summed E-state index contributed by atoms with van der Waals surface area (Å²) >= 11 is 0. The first-order valence-electron chi connectivity index (χ1n) is 12.0. The van der Waals surface area contributed by atoms with E-state index in [1.165, 1.54) is 12.1 Å². The Morgan fingerprint density at radius 3 is 2.61 bits per heavy atom. The standard InChI is InChI=1S/C27H30FN5O3/c1-19-17-33(18-30-19)23-8-3-20(15-24(23)34-2)16-25-26(29-11-14-36-25)32-27(9-12-35-13-10-27)31-22-6-4-21(28)5-7-22/h3-8,15-18,31H,9-14H2,1-2H3,(H,29,32)/b25-16-. The summed E-state index contributed by atoms with van der Waals surface area (Å²) in [4.78, 5) is 9.05. The van der Waals surface area contributed by atoms with Crippen molar-refractivity contribution in [1.82, 2.24) is 14.9 Å². The van der Waals surface area contributed by atoms with Gasteiger partial charge < -0.3 is 29.4 Å². The van der Waals surface area contributed by atoms with E-state index in [9.17, 15) is 4.39 Å². The summed E-state index contributed by atoms with van der Waals surface area (Å²) in [5.74, 6) is 1.78. The molecule has 1 aromatic heterocycles. The van der Waals surface area contributed by atoms with Crippen LogP contribution in [0.1, 0.15) is 24.1 Å². The molecule has 5 rings (SSSR count). The molecule has 0 aliphatic carbocycles. The number of nitrogens with zero attached hydrogens (tertiary/aromatic N) is 3. The zero-order valence-corrected chi connectivity index (χ0v) is 20.5. The fraction of sp³-hybridized carbons (Fsp3) is 0.333. The van der Waals surface area contributed by atoms with Crippen molar-refractivity contribution in [2.24, 2.45) is 4.99 Å². The molecule has 2 aliphatic heterocycles. The summed E-state index contributed by atoms with van der Waals surface area (Å²) in [5.41, 5.74) is 3.08. The summed E-state index contributed by atoms with van der Waals surface area (Å²) in [7, 11) is 1.65. The average Bonchev–Trinajstić information content (AvgIpc) is 3.33. The number of anilines is 1. The molecular formula is C27H30FN5O3. The summed E-state index contributed by atoms with van der Waals surface area (Å²) in [5, 5.41) is 7.15. The molecule has 0 saturated carbocycles. The zero-order chi connectivity index (χ0) is 25.0. The molecule has 3 aromatic rings. The fourth-order valence-corrected chi connectivity index (χ4v) is 4.41. The van der Waals surface area contributed by atoms with Crippen molar-refractivity contribution in [3.8, 4) is 11.4 Å². The lowest BCUT2D eigenvalue weighted by Gasteiger charge is -2.41. The van der Waals surface area contributed by atoms with Crippen LogP contribution in [0.15, 0.2) is 65.7 Å². The lowest BCUT2D eigenvalue weighted by Crippen LogP contribution is -2.58. The van der Waals surface area contributed by atoms with Gasteiger partial charge in [0.1, 0.15) is 23.8 Å². The minimum absolute atomic E-state index is 0.269. The second-order valence-corrected chi connectivity index (χ2v) is 8.89. The first kappa shape index (κ1) is 23.9. The number of halogens is 1. The van der Waals surface area contributed by atoms with Crippen LogP contribution in [0.2, 0.25) is 0 Å². The topological polar surface area (TPSA) is 81.9 Å². The first-order valence-corrected chi connectivity index (χ1v) is 12.0. The molecule has 1 saturated heterocycles. The van der Waals surface area contributed by atoms with Gasteiger partial charge in [-0.2, -0.15) is 0 Å². The van der Waals surface area contributed by atoms with Crippen LogP contribution in [-0.4, -0.2) is 54.5 Å². The molecule has 0 spiro atoms. The van der Waals surface area contributed by atoms with Gasteiger partial charge in [-0.05, 0) is 55.0 Å². The number of benzene rings is 2. The van der Waals surface area contributed by atoms with Crippen LogP contribution < -0.4 is 15.4 Å². The van der Waals surface area contributed by atoms with E-state index < -0.39 is 5.66 Å². The van der Waals surface area contributed by atoms with Gasteiger partial charge in [0.2, 0.25) is 0 Å². The molecule has 8 nitrogen and oxygen atoms in total. The van der Waals surface area contributed by atoms with E-state index in [0.29, 0.717) is 50.8 Å². The van der Waals surface area contributed by atoms with E-state index in [2.05, 4.69) is 15.6 Å². The maximum absolute atomic E-state index is 13.4. The Bertz CT molecular complexity index is 1260. The van der Waals surface area contributed by atoms with E-state index >= 15 is 0 Å². The predicted molar refractivity (Wildman–Crippen MR) is 137 cm³/mol. The molecule has 0 radical (unpaired) electrons. The third-order valence-corrected chi connectivity index (χ3v) is 6.28. The highest BCUT2D eigenvalue weighted by Gasteiger charge is 2.35. The van der Waals surface area contributed by atoms with Gasteiger partial charge in [-0.25, -0.2) is 9.37 Å². The highest BCUT2D eigenvalue weighted by molar-refractivity contribution is 6.01. The maximum atomic E-state index is 13.4. The summed E-state index contributed by atoms with van der Waals surface area (Å²) in [6, 6.07) is 12.3. The number of aromatic nitrogens is 2. The van der Waals surface area contributed by atoms with Crippen LogP contribution in [0.3, 0.4) is 0 Å². The van der Waals surface area contributed by atoms with Crippen molar-refractivity contribution >= 4 is 17.6 Å². The molecule has 3 heterocycles. The van der Waals surface area contributed by atoms with Gasteiger partial charge in [-0.1, -0.05) is 6.07 Å². The number of hydrogen-bond acceptors (Lipinski definition) is 7. The minimum atomic E-state index is -0.504. The van der Waals surface area contributed by atoms with Crippen molar-refractivity contribution in [3.05, 3.63) is 77.8 Å². The summed E-state index contributed by atoms with van der Waals surface area (Å²) < 4.78 is 32.7. The maximum Gasteiger partial charge on any atom is 0.166 e. The molecule has 0 bridgehead atoms. The number of nitrogens with one attached hydrogen (secondary N) is 2. The quantitative estimate of drug-likeness (QED) is 0.501. The van der Waals surface area contributed by atoms with E-state index in [4.69, 9.17) is 19.2 Å². The molecule has 2 aliphatic rings. The molecule has 188 valence electrons. The Balaban J connectivity index is 1.41. The number of aryl methyl sites for hydroxylation is 1. The van der Waals surface area contributed by atoms with Crippen molar-refractivity contribution < 1.29 is 18.6 Å². The number of ether oxygens (including phenoxy) is 3. The molecule has 0 atom stereocenters. The highest BCUT2D eigenvalue weighted by Crippen LogP contribution is 2.28. The zero-order valence-electron chi connectivity index (χ0n) is 20.5. The van der Waals surface area contributed by atoms with Crippen molar-refractivity contribution in [1.29, 1.82) is 0 Å². The number of methoxy groups -OCH3 is 1. The van der Waals surface area contributed by atoms with Gasteiger partial charge in [0, 0.05) is 24.7 Å². The summed E-state index contributed by atoms with van der Waals surface area (Å²) in [6.45, 7) is 4.21. The van der Waals surface area contributed by atoms with Crippen LogP contribution in [-0.2, 0) is 9.47 Å². The third kappa shape index (κ3) is 5.36.